The van der Waals surface area contributed by atoms with Crippen molar-refractivity contribution >= 4 is 0 Å². The van der Waals surface area contributed by atoms with E-state index >= 15 is 0 Å². The standard InChI is InChI=1S/C14H23N3/c1-11-5-3-8-17-13(11)9-15-14(17)12-6-4-7-16(2)10-12/h9,11-12H,3-8,10H2,1-2H3. The first kappa shape index (κ1) is 11.3. The van der Waals surface area contributed by atoms with Crippen LogP contribution in [0.2, 0.25) is 0 Å². The van der Waals surface area contributed by atoms with Crippen LogP contribution in [0.3, 0.4) is 0 Å². The van der Waals surface area contributed by atoms with Gasteiger partial charge < -0.3 is 9.47 Å². The van der Waals surface area contributed by atoms with Gasteiger partial charge in [0.2, 0.25) is 0 Å². The molecular weight excluding hydrogens is 210 g/mol. The molecule has 1 aromatic heterocycles. The lowest BCUT2D eigenvalue weighted by Gasteiger charge is -2.31. The predicted molar refractivity (Wildman–Crippen MR) is 69.3 cm³/mol. The molecule has 2 aliphatic heterocycles. The van der Waals surface area contributed by atoms with Gasteiger partial charge in [-0.2, -0.15) is 0 Å². The first-order valence-corrected chi connectivity index (χ1v) is 6.99. The highest BCUT2D eigenvalue weighted by atomic mass is 15.1. The second kappa shape index (κ2) is 4.45. The molecule has 1 aromatic rings. The topological polar surface area (TPSA) is 21.1 Å². The number of fused-ring (bicyclic) bond motifs is 1. The van der Waals surface area contributed by atoms with Gasteiger partial charge in [0.05, 0.1) is 0 Å². The highest BCUT2D eigenvalue weighted by Crippen LogP contribution is 2.32. The highest BCUT2D eigenvalue weighted by molar-refractivity contribution is 5.16. The summed E-state index contributed by atoms with van der Waals surface area (Å²) < 4.78 is 2.51. The zero-order chi connectivity index (χ0) is 11.8. The summed E-state index contributed by atoms with van der Waals surface area (Å²) >= 11 is 0. The quantitative estimate of drug-likeness (QED) is 0.743. The molecule has 0 spiro atoms. The molecule has 3 heterocycles. The van der Waals surface area contributed by atoms with Gasteiger partial charge >= 0.3 is 0 Å². The third-order valence-electron chi connectivity index (χ3n) is 4.43. The lowest BCUT2D eigenvalue weighted by Crippen LogP contribution is -2.32. The fourth-order valence-corrected chi connectivity index (χ4v) is 3.45. The summed E-state index contributed by atoms with van der Waals surface area (Å²) in [6.07, 6.45) is 7.41. The molecule has 2 unspecified atom stereocenters. The van der Waals surface area contributed by atoms with Crippen LogP contribution in [0.25, 0.3) is 0 Å². The summed E-state index contributed by atoms with van der Waals surface area (Å²) in [5.74, 6) is 2.72. The largest absolute Gasteiger partial charge is 0.332 e. The molecular formula is C14H23N3. The monoisotopic (exact) mass is 233 g/mol. The van der Waals surface area contributed by atoms with E-state index in [0.717, 1.165) is 0 Å². The maximum Gasteiger partial charge on any atom is 0.113 e. The number of imidazole rings is 1. The number of likely N-dealkylation sites (tertiary alicyclic amines) is 1. The average molecular weight is 233 g/mol. The Hall–Kier alpha value is -0.830. The average Bonchev–Trinajstić information content (AvgIpc) is 2.74. The summed E-state index contributed by atoms with van der Waals surface area (Å²) in [5, 5.41) is 0. The highest BCUT2D eigenvalue weighted by Gasteiger charge is 2.27. The van der Waals surface area contributed by atoms with Crippen LogP contribution in [0.5, 0.6) is 0 Å². The molecule has 0 bridgehead atoms. The van der Waals surface area contributed by atoms with Gasteiger partial charge in [-0.15, -0.1) is 0 Å². The Kier molecular flexibility index (Phi) is 2.95. The third kappa shape index (κ3) is 2.01. The molecule has 17 heavy (non-hydrogen) atoms. The molecule has 1 fully saturated rings. The Morgan fingerprint density at radius 1 is 1.24 bits per heavy atom. The van der Waals surface area contributed by atoms with Gasteiger partial charge in [0.15, 0.2) is 0 Å². The molecule has 0 radical (unpaired) electrons. The van der Waals surface area contributed by atoms with E-state index in [-0.39, 0.29) is 0 Å². The zero-order valence-electron chi connectivity index (χ0n) is 11.0. The van der Waals surface area contributed by atoms with Gasteiger partial charge in [-0.05, 0) is 45.2 Å². The molecule has 0 saturated carbocycles. The van der Waals surface area contributed by atoms with E-state index in [1.807, 2.05) is 0 Å². The van der Waals surface area contributed by atoms with Crippen LogP contribution in [0.15, 0.2) is 6.20 Å². The summed E-state index contributed by atoms with van der Waals surface area (Å²) in [7, 11) is 2.23. The number of aromatic nitrogens is 2. The summed E-state index contributed by atoms with van der Waals surface area (Å²) in [4.78, 5) is 7.19. The van der Waals surface area contributed by atoms with E-state index in [4.69, 9.17) is 4.98 Å². The number of rotatable bonds is 1. The summed E-state index contributed by atoms with van der Waals surface area (Å²) in [6.45, 7) is 5.96. The molecule has 1 saturated heterocycles. The van der Waals surface area contributed by atoms with Gasteiger partial charge in [-0.3, -0.25) is 0 Å². The smallest absolute Gasteiger partial charge is 0.113 e. The molecule has 0 amide bonds. The van der Waals surface area contributed by atoms with Gasteiger partial charge in [-0.25, -0.2) is 4.98 Å². The Morgan fingerprint density at radius 2 is 2.06 bits per heavy atom. The van der Waals surface area contributed by atoms with Crippen molar-refractivity contribution in [2.24, 2.45) is 0 Å². The minimum absolute atomic E-state index is 0.660. The third-order valence-corrected chi connectivity index (χ3v) is 4.43. The fourth-order valence-electron chi connectivity index (χ4n) is 3.45. The Balaban J connectivity index is 1.88. The van der Waals surface area contributed by atoms with Crippen molar-refractivity contribution in [2.75, 3.05) is 20.1 Å². The van der Waals surface area contributed by atoms with Gasteiger partial charge in [0.1, 0.15) is 5.82 Å². The second-order valence-corrected chi connectivity index (χ2v) is 5.84. The van der Waals surface area contributed by atoms with Crippen molar-refractivity contribution < 1.29 is 0 Å². The van der Waals surface area contributed by atoms with Gasteiger partial charge in [0, 0.05) is 30.9 Å². The normalized spacial score (nSPS) is 30.2. The number of hydrogen-bond donors (Lipinski definition) is 0. The van der Waals surface area contributed by atoms with E-state index in [9.17, 15) is 0 Å². The maximum absolute atomic E-state index is 4.74. The van der Waals surface area contributed by atoms with Crippen LogP contribution in [0.4, 0.5) is 0 Å². The predicted octanol–water partition coefficient (Wildman–Crippen LogP) is 2.59. The van der Waals surface area contributed by atoms with Gasteiger partial charge in [0.25, 0.3) is 0 Å². The molecule has 3 rings (SSSR count). The minimum atomic E-state index is 0.660. The molecule has 94 valence electrons. The molecule has 3 heteroatoms. The SMILES string of the molecule is CC1CCCn2c1cnc2C1CCCN(C)C1. The first-order chi connectivity index (χ1) is 8.25. The van der Waals surface area contributed by atoms with Crippen molar-refractivity contribution in [1.29, 1.82) is 0 Å². The molecule has 0 aliphatic carbocycles. The fraction of sp³-hybridized carbons (Fsp3) is 0.786. The lowest BCUT2D eigenvalue weighted by molar-refractivity contribution is 0.241. The molecule has 0 aromatic carbocycles. The van der Waals surface area contributed by atoms with Crippen molar-refractivity contribution in [1.82, 2.24) is 14.5 Å². The Labute approximate surface area is 104 Å². The van der Waals surface area contributed by atoms with Crippen LogP contribution >= 0.6 is 0 Å². The van der Waals surface area contributed by atoms with Crippen molar-refractivity contribution in [2.45, 2.75) is 51.0 Å². The van der Waals surface area contributed by atoms with Crippen molar-refractivity contribution in [3.63, 3.8) is 0 Å². The molecule has 2 atom stereocenters. The lowest BCUT2D eigenvalue weighted by atomic mass is 9.95. The maximum atomic E-state index is 4.74. The van der Waals surface area contributed by atoms with E-state index < -0.39 is 0 Å². The number of hydrogen-bond acceptors (Lipinski definition) is 2. The summed E-state index contributed by atoms with van der Waals surface area (Å²) in [6, 6.07) is 0. The van der Waals surface area contributed by atoms with Crippen LogP contribution < -0.4 is 0 Å². The van der Waals surface area contributed by atoms with Gasteiger partial charge in [-0.1, -0.05) is 6.92 Å². The number of likely N-dealkylation sites (N-methyl/N-ethyl adjacent to an activating group) is 1. The van der Waals surface area contributed by atoms with Crippen molar-refractivity contribution in [3.8, 4) is 0 Å². The minimum Gasteiger partial charge on any atom is -0.332 e. The Morgan fingerprint density at radius 3 is 2.88 bits per heavy atom. The van der Waals surface area contributed by atoms with Crippen LogP contribution in [0.1, 0.15) is 56.0 Å². The van der Waals surface area contributed by atoms with E-state index in [1.165, 1.54) is 56.8 Å². The zero-order valence-corrected chi connectivity index (χ0v) is 11.0. The Bertz CT molecular complexity index is 396. The van der Waals surface area contributed by atoms with Crippen LogP contribution in [-0.4, -0.2) is 34.6 Å². The number of nitrogens with zero attached hydrogens (tertiary/aromatic N) is 3. The van der Waals surface area contributed by atoms with E-state index in [1.54, 1.807) is 0 Å². The van der Waals surface area contributed by atoms with Crippen LogP contribution in [0, 0.1) is 0 Å². The second-order valence-electron chi connectivity index (χ2n) is 5.84. The number of piperidine rings is 1. The van der Waals surface area contributed by atoms with Crippen LogP contribution in [-0.2, 0) is 6.54 Å². The first-order valence-electron chi connectivity index (χ1n) is 6.99. The molecule has 2 aliphatic rings. The summed E-state index contributed by atoms with van der Waals surface area (Å²) in [5.41, 5.74) is 1.47. The van der Waals surface area contributed by atoms with E-state index in [2.05, 4.69) is 29.6 Å². The van der Waals surface area contributed by atoms with Crippen molar-refractivity contribution in [3.05, 3.63) is 17.7 Å². The molecule has 0 N–H and O–H groups in total. The molecule has 3 nitrogen and oxygen atoms in total. The van der Waals surface area contributed by atoms with E-state index in [0.29, 0.717) is 11.8 Å².